The van der Waals surface area contributed by atoms with Gasteiger partial charge in [0, 0.05) is 17.0 Å². The Kier molecular flexibility index (Phi) is 8.68. The zero-order chi connectivity index (χ0) is 15.7. The molecule has 0 aliphatic heterocycles. The largest absolute Gasteiger partial charge is 0.384 e. The summed E-state index contributed by atoms with van der Waals surface area (Å²) in [6.07, 6.45) is 2.47. The van der Waals surface area contributed by atoms with Crippen LogP contribution in [0.2, 0.25) is 0 Å². The van der Waals surface area contributed by atoms with Crippen LogP contribution in [0.1, 0.15) is 51.0 Å². The summed E-state index contributed by atoms with van der Waals surface area (Å²) in [6, 6.07) is 2.06. The SMILES string of the molecule is CC(C)CCN(CCC(C)C)Cc1sccc1C#CCO. The highest BCUT2D eigenvalue weighted by Gasteiger charge is 2.11. The Morgan fingerprint density at radius 1 is 1.14 bits per heavy atom. The van der Waals surface area contributed by atoms with E-state index in [0.29, 0.717) is 0 Å². The minimum Gasteiger partial charge on any atom is -0.384 e. The maximum absolute atomic E-state index is 8.85. The van der Waals surface area contributed by atoms with E-state index in [0.717, 1.165) is 37.0 Å². The summed E-state index contributed by atoms with van der Waals surface area (Å²) >= 11 is 1.77. The zero-order valence-electron chi connectivity index (χ0n) is 13.9. The third-order valence-corrected chi connectivity index (χ3v) is 4.37. The first-order valence-corrected chi connectivity index (χ1v) is 8.79. The van der Waals surface area contributed by atoms with E-state index in [2.05, 4.69) is 55.9 Å². The van der Waals surface area contributed by atoms with Gasteiger partial charge in [-0.1, -0.05) is 39.5 Å². The van der Waals surface area contributed by atoms with Crippen molar-refractivity contribution in [3.63, 3.8) is 0 Å². The highest BCUT2D eigenvalue weighted by molar-refractivity contribution is 7.10. The molecule has 0 unspecified atom stereocenters. The molecule has 0 saturated carbocycles. The fourth-order valence-electron chi connectivity index (χ4n) is 2.06. The Morgan fingerprint density at radius 2 is 1.76 bits per heavy atom. The summed E-state index contributed by atoms with van der Waals surface area (Å²) in [5.41, 5.74) is 1.08. The van der Waals surface area contributed by atoms with Crippen molar-refractivity contribution >= 4 is 11.3 Å². The zero-order valence-corrected chi connectivity index (χ0v) is 14.7. The van der Waals surface area contributed by atoms with E-state index in [9.17, 15) is 0 Å². The standard InChI is InChI=1S/C18H29NOS/c1-15(2)7-10-19(11-8-16(3)4)14-18-17(6-5-12-20)9-13-21-18/h9,13,15-16,20H,7-8,10-12,14H2,1-4H3. The Balaban J connectivity index is 2.68. The molecule has 3 heteroatoms. The smallest absolute Gasteiger partial charge is 0.104 e. The van der Waals surface area contributed by atoms with Crippen LogP contribution in [-0.2, 0) is 6.54 Å². The molecule has 1 N–H and O–H groups in total. The normalized spacial score (nSPS) is 11.2. The predicted octanol–water partition coefficient (Wildman–Crippen LogP) is 3.99. The van der Waals surface area contributed by atoms with Gasteiger partial charge >= 0.3 is 0 Å². The van der Waals surface area contributed by atoms with E-state index in [-0.39, 0.29) is 6.61 Å². The molecule has 0 fully saturated rings. The molecule has 0 aliphatic carbocycles. The number of aliphatic hydroxyl groups is 1. The van der Waals surface area contributed by atoms with Crippen molar-refractivity contribution in [3.05, 3.63) is 21.9 Å². The molecule has 1 aromatic rings. The van der Waals surface area contributed by atoms with Gasteiger partial charge in [-0.15, -0.1) is 11.3 Å². The molecule has 0 atom stereocenters. The number of nitrogens with zero attached hydrogens (tertiary/aromatic N) is 1. The monoisotopic (exact) mass is 307 g/mol. The second-order valence-electron chi connectivity index (χ2n) is 6.36. The number of hydrogen-bond acceptors (Lipinski definition) is 3. The molecule has 0 bridgehead atoms. The molecule has 1 aromatic heterocycles. The highest BCUT2D eigenvalue weighted by atomic mass is 32.1. The molecule has 118 valence electrons. The number of rotatable bonds is 8. The van der Waals surface area contributed by atoms with Crippen molar-refractivity contribution in [2.45, 2.75) is 47.1 Å². The summed E-state index contributed by atoms with van der Waals surface area (Å²) in [7, 11) is 0. The van der Waals surface area contributed by atoms with Gasteiger partial charge in [-0.2, -0.15) is 0 Å². The van der Waals surface area contributed by atoms with Crippen molar-refractivity contribution in [3.8, 4) is 11.8 Å². The molecular formula is C18H29NOS. The molecule has 0 aliphatic rings. The molecule has 0 amide bonds. The predicted molar refractivity (Wildman–Crippen MR) is 92.5 cm³/mol. The summed E-state index contributed by atoms with van der Waals surface area (Å²) < 4.78 is 0. The van der Waals surface area contributed by atoms with Crippen LogP contribution in [0.25, 0.3) is 0 Å². The van der Waals surface area contributed by atoms with E-state index < -0.39 is 0 Å². The average Bonchev–Trinajstić information content (AvgIpc) is 2.86. The van der Waals surface area contributed by atoms with Gasteiger partial charge in [0.2, 0.25) is 0 Å². The quantitative estimate of drug-likeness (QED) is 0.734. The van der Waals surface area contributed by atoms with Gasteiger partial charge < -0.3 is 5.11 Å². The lowest BCUT2D eigenvalue weighted by Gasteiger charge is -2.23. The Bertz CT molecular complexity index is 441. The first-order valence-electron chi connectivity index (χ1n) is 7.91. The van der Waals surface area contributed by atoms with Gasteiger partial charge in [-0.05, 0) is 49.2 Å². The number of thiophene rings is 1. The van der Waals surface area contributed by atoms with Crippen molar-refractivity contribution in [2.75, 3.05) is 19.7 Å². The van der Waals surface area contributed by atoms with Crippen LogP contribution < -0.4 is 0 Å². The van der Waals surface area contributed by atoms with E-state index in [1.807, 2.05) is 0 Å². The highest BCUT2D eigenvalue weighted by Crippen LogP contribution is 2.19. The van der Waals surface area contributed by atoms with Crippen LogP contribution >= 0.6 is 11.3 Å². The summed E-state index contributed by atoms with van der Waals surface area (Å²) in [5, 5.41) is 10.9. The Morgan fingerprint density at radius 3 is 2.29 bits per heavy atom. The maximum atomic E-state index is 8.85. The lowest BCUT2D eigenvalue weighted by molar-refractivity contribution is 0.237. The lowest BCUT2D eigenvalue weighted by Crippen LogP contribution is -2.27. The van der Waals surface area contributed by atoms with Crippen molar-refractivity contribution in [1.29, 1.82) is 0 Å². The average molecular weight is 308 g/mol. The van der Waals surface area contributed by atoms with Gasteiger partial charge in [0.25, 0.3) is 0 Å². The van der Waals surface area contributed by atoms with Gasteiger partial charge in [-0.25, -0.2) is 0 Å². The van der Waals surface area contributed by atoms with E-state index in [4.69, 9.17) is 5.11 Å². The fourth-order valence-corrected chi connectivity index (χ4v) is 2.94. The van der Waals surface area contributed by atoms with Gasteiger partial charge in [-0.3, -0.25) is 4.90 Å². The molecule has 0 spiro atoms. The Hall–Kier alpha value is -0.820. The summed E-state index contributed by atoms with van der Waals surface area (Å²) in [6.45, 7) is 12.3. The summed E-state index contributed by atoms with van der Waals surface area (Å²) in [4.78, 5) is 3.87. The third-order valence-electron chi connectivity index (χ3n) is 3.46. The molecule has 0 aromatic carbocycles. The number of hydrogen-bond donors (Lipinski definition) is 1. The first kappa shape index (κ1) is 18.2. The lowest BCUT2D eigenvalue weighted by atomic mass is 10.1. The molecule has 1 rings (SSSR count). The molecule has 0 saturated heterocycles. The second kappa shape index (κ2) is 10.00. The van der Waals surface area contributed by atoms with Crippen LogP contribution in [0.4, 0.5) is 0 Å². The van der Waals surface area contributed by atoms with E-state index in [1.165, 1.54) is 17.7 Å². The summed E-state index contributed by atoms with van der Waals surface area (Å²) in [5.74, 6) is 7.30. The molecule has 1 heterocycles. The van der Waals surface area contributed by atoms with Crippen molar-refractivity contribution < 1.29 is 5.11 Å². The fraction of sp³-hybridized carbons (Fsp3) is 0.667. The van der Waals surface area contributed by atoms with E-state index in [1.54, 1.807) is 11.3 Å². The molecule has 21 heavy (non-hydrogen) atoms. The minimum absolute atomic E-state index is 0.0697. The van der Waals surface area contributed by atoms with Gasteiger partial charge in [0.15, 0.2) is 0 Å². The first-order chi connectivity index (χ1) is 10.0. The third kappa shape index (κ3) is 7.66. The topological polar surface area (TPSA) is 23.5 Å². The van der Waals surface area contributed by atoms with Crippen molar-refractivity contribution in [1.82, 2.24) is 4.90 Å². The van der Waals surface area contributed by atoms with Crippen molar-refractivity contribution in [2.24, 2.45) is 11.8 Å². The minimum atomic E-state index is -0.0697. The van der Waals surface area contributed by atoms with Crippen LogP contribution in [0.15, 0.2) is 11.4 Å². The molecule has 0 radical (unpaired) electrons. The van der Waals surface area contributed by atoms with Crippen LogP contribution in [-0.4, -0.2) is 29.7 Å². The molecule has 2 nitrogen and oxygen atoms in total. The van der Waals surface area contributed by atoms with Crippen LogP contribution in [0, 0.1) is 23.7 Å². The Labute approximate surface area is 134 Å². The second-order valence-corrected chi connectivity index (χ2v) is 7.36. The van der Waals surface area contributed by atoms with E-state index >= 15 is 0 Å². The van der Waals surface area contributed by atoms with Gasteiger partial charge in [0.05, 0.1) is 0 Å². The van der Waals surface area contributed by atoms with Gasteiger partial charge in [0.1, 0.15) is 6.61 Å². The molecular weight excluding hydrogens is 278 g/mol. The number of aliphatic hydroxyl groups excluding tert-OH is 1. The maximum Gasteiger partial charge on any atom is 0.104 e. The van der Waals surface area contributed by atoms with Crippen LogP contribution in [0.5, 0.6) is 0 Å². The van der Waals surface area contributed by atoms with Crippen LogP contribution in [0.3, 0.4) is 0 Å².